The Morgan fingerprint density at radius 2 is 1.66 bits per heavy atom. The fourth-order valence-corrected chi connectivity index (χ4v) is 3.66. The molecule has 32 heavy (non-hydrogen) atoms. The van der Waals surface area contributed by atoms with Crippen molar-refractivity contribution in [2.45, 2.75) is 30.9 Å². The van der Waals surface area contributed by atoms with Gasteiger partial charge in [-0.3, -0.25) is 4.79 Å². The zero-order chi connectivity index (χ0) is 23.1. The summed E-state index contributed by atoms with van der Waals surface area (Å²) in [6.07, 6.45) is -8.81. The molecule has 1 amide bonds. The Kier molecular flexibility index (Phi) is 5.35. The first kappa shape index (κ1) is 21.7. The Labute approximate surface area is 178 Å². The van der Waals surface area contributed by atoms with E-state index >= 15 is 0 Å². The minimum Gasteiger partial charge on any atom is -0.363 e. The van der Waals surface area contributed by atoms with Crippen molar-refractivity contribution in [3.63, 3.8) is 0 Å². The summed E-state index contributed by atoms with van der Waals surface area (Å²) in [6, 6.07) is 9.92. The summed E-state index contributed by atoms with van der Waals surface area (Å²) >= 11 is 0. The van der Waals surface area contributed by atoms with Crippen LogP contribution in [-0.4, -0.2) is 21.9 Å². The van der Waals surface area contributed by atoms with Crippen molar-refractivity contribution in [3.8, 4) is 0 Å². The Morgan fingerprint density at radius 1 is 1.00 bits per heavy atom. The van der Waals surface area contributed by atoms with Crippen LogP contribution in [0.4, 0.5) is 37.8 Å². The molecule has 0 spiro atoms. The fourth-order valence-electron chi connectivity index (χ4n) is 3.66. The number of alkyl halides is 6. The van der Waals surface area contributed by atoms with E-state index in [1.54, 1.807) is 30.3 Å². The number of nitrogens with one attached hydrogen (secondary N) is 2. The molecule has 2 N–H and O–H groups in total. The van der Waals surface area contributed by atoms with Gasteiger partial charge in [-0.15, -0.1) is 0 Å². The number of rotatable bonds is 3. The van der Waals surface area contributed by atoms with Crippen LogP contribution in [0.2, 0.25) is 0 Å². The lowest BCUT2D eigenvalue weighted by Crippen LogP contribution is -2.36. The van der Waals surface area contributed by atoms with Crippen LogP contribution in [0.25, 0.3) is 0 Å². The Balaban J connectivity index is 1.70. The van der Waals surface area contributed by atoms with Crippen LogP contribution < -0.4 is 10.6 Å². The molecule has 168 valence electrons. The number of halogens is 6. The third-order valence-corrected chi connectivity index (χ3v) is 5.17. The molecule has 2 aromatic carbocycles. The van der Waals surface area contributed by atoms with E-state index in [4.69, 9.17) is 0 Å². The summed E-state index contributed by atoms with van der Waals surface area (Å²) in [6.45, 7) is 0. The molecule has 0 bridgehead atoms. The number of hydrogen-bond donors (Lipinski definition) is 2. The molecule has 0 aliphatic carbocycles. The van der Waals surface area contributed by atoms with Gasteiger partial charge in [-0.1, -0.05) is 42.5 Å². The van der Waals surface area contributed by atoms with Crippen LogP contribution >= 0.6 is 0 Å². The second-order valence-corrected chi connectivity index (χ2v) is 7.25. The molecular formula is C21H16F6N4O. The van der Waals surface area contributed by atoms with Crippen molar-refractivity contribution in [3.05, 3.63) is 77.5 Å². The topological polar surface area (TPSA) is 59.0 Å². The summed E-state index contributed by atoms with van der Waals surface area (Å²) < 4.78 is 81.6. The summed E-state index contributed by atoms with van der Waals surface area (Å²) in [5, 5.41) is 8.75. The van der Waals surface area contributed by atoms with Gasteiger partial charge in [0.1, 0.15) is 11.4 Å². The second-order valence-electron chi connectivity index (χ2n) is 7.25. The molecule has 2 atom stereocenters. The SMILES string of the molecule is O=C(Nc1ccccc1C(F)(F)F)c1cnn2c1N[C@H](c1ccccc1)C[C@H]2C(F)(F)F. The number of amides is 1. The molecule has 0 radical (unpaired) electrons. The number of fused-ring (bicyclic) bond motifs is 1. The smallest absolute Gasteiger partial charge is 0.363 e. The van der Waals surface area contributed by atoms with Crippen LogP contribution in [0, 0.1) is 0 Å². The van der Waals surface area contributed by atoms with E-state index in [1.165, 1.54) is 12.1 Å². The van der Waals surface area contributed by atoms with Gasteiger partial charge in [0.15, 0.2) is 6.04 Å². The number of para-hydroxylation sites is 1. The van der Waals surface area contributed by atoms with Crippen LogP contribution in [0.5, 0.6) is 0 Å². The number of carbonyl (C=O) groups excluding carboxylic acids is 1. The van der Waals surface area contributed by atoms with Crippen molar-refractivity contribution in [1.29, 1.82) is 0 Å². The van der Waals surface area contributed by atoms with Gasteiger partial charge >= 0.3 is 12.4 Å². The molecule has 3 aromatic rings. The first-order valence-corrected chi connectivity index (χ1v) is 9.49. The fraction of sp³-hybridized carbons (Fsp3) is 0.238. The van der Waals surface area contributed by atoms with E-state index in [0.29, 0.717) is 10.2 Å². The van der Waals surface area contributed by atoms with Gasteiger partial charge in [0, 0.05) is 6.42 Å². The molecule has 2 heterocycles. The standard InChI is InChI=1S/C21H16F6N4O/c22-20(23,24)14-8-4-5-9-15(14)30-19(32)13-11-28-31-17(21(25,26)27)10-16(29-18(13)31)12-6-2-1-3-7-12/h1-9,11,16-17,29H,10H2,(H,30,32)/t16-,17-/m0/s1. The lowest BCUT2D eigenvalue weighted by molar-refractivity contribution is -0.173. The molecule has 5 nitrogen and oxygen atoms in total. The summed E-state index contributed by atoms with van der Waals surface area (Å²) in [5.41, 5.74) is -1.30. The third-order valence-electron chi connectivity index (χ3n) is 5.17. The van der Waals surface area contributed by atoms with Crippen molar-refractivity contribution in [2.24, 2.45) is 0 Å². The van der Waals surface area contributed by atoms with Gasteiger partial charge in [-0.2, -0.15) is 31.4 Å². The number of anilines is 2. The zero-order valence-electron chi connectivity index (χ0n) is 16.2. The summed E-state index contributed by atoms with van der Waals surface area (Å²) in [7, 11) is 0. The average molecular weight is 454 g/mol. The highest BCUT2D eigenvalue weighted by Crippen LogP contribution is 2.44. The van der Waals surface area contributed by atoms with Gasteiger partial charge in [0.2, 0.25) is 0 Å². The van der Waals surface area contributed by atoms with E-state index in [0.717, 1.165) is 18.3 Å². The molecule has 11 heteroatoms. The van der Waals surface area contributed by atoms with E-state index in [-0.39, 0.29) is 17.8 Å². The van der Waals surface area contributed by atoms with Gasteiger partial charge in [0.25, 0.3) is 5.91 Å². The van der Waals surface area contributed by atoms with Crippen molar-refractivity contribution in [2.75, 3.05) is 10.6 Å². The quantitative estimate of drug-likeness (QED) is 0.491. The van der Waals surface area contributed by atoms with E-state index < -0.39 is 41.6 Å². The van der Waals surface area contributed by atoms with Crippen LogP contribution in [0.1, 0.15) is 40.0 Å². The maximum Gasteiger partial charge on any atom is 0.418 e. The lowest BCUT2D eigenvalue weighted by Gasteiger charge is -2.34. The summed E-state index contributed by atoms with van der Waals surface area (Å²) in [4.78, 5) is 12.8. The van der Waals surface area contributed by atoms with E-state index in [1.807, 2.05) is 0 Å². The van der Waals surface area contributed by atoms with Gasteiger partial charge in [-0.25, -0.2) is 4.68 Å². The number of nitrogens with zero attached hydrogens (tertiary/aromatic N) is 2. The molecule has 0 saturated heterocycles. The molecule has 1 aliphatic heterocycles. The van der Waals surface area contributed by atoms with Crippen LogP contribution in [0.15, 0.2) is 60.8 Å². The van der Waals surface area contributed by atoms with Crippen LogP contribution in [0.3, 0.4) is 0 Å². The highest BCUT2D eigenvalue weighted by atomic mass is 19.4. The number of carbonyl (C=O) groups is 1. The highest BCUT2D eigenvalue weighted by molar-refractivity contribution is 6.08. The maximum atomic E-state index is 13.7. The third kappa shape index (κ3) is 4.14. The molecule has 0 saturated carbocycles. The monoisotopic (exact) mass is 454 g/mol. The minimum absolute atomic E-state index is 0.214. The van der Waals surface area contributed by atoms with Gasteiger partial charge < -0.3 is 10.6 Å². The predicted octanol–water partition coefficient (Wildman–Crippen LogP) is 5.81. The Hall–Kier alpha value is -3.50. The molecule has 1 aliphatic rings. The second kappa shape index (κ2) is 7.88. The predicted molar refractivity (Wildman–Crippen MR) is 104 cm³/mol. The lowest BCUT2D eigenvalue weighted by atomic mass is 9.96. The molecule has 4 rings (SSSR count). The Morgan fingerprint density at radius 3 is 2.31 bits per heavy atom. The average Bonchev–Trinajstić information content (AvgIpc) is 3.16. The first-order chi connectivity index (χ1) is 15.1. The molecule has 0 unspecified atom stereocenters. The summed E-state index contributed by atoms with van der Waals surface area (Å²) in [5.74, 6) is -1.22. The molecule has 0 fully saturated rings. The Bertz CT molecular complexity index is 1120. The normalized spacial score (nSPS) is 18.6. The highest BCUT2D eigenvalue weighted by Gasteiger charge is 2.47. The van der Waals surface area contributed by atoms with Crippen molar-refractivity contribution < 1.29 is 31.1 Å². The number of hydrogen-bond acceptors (Lipinski definition) is 3. The number of aromatic nitrogens is 2. The zero-order valence-corrected chi connectivity index (χ0v) is 16.2. The minimum atomic E-state index is -4.72. The number of benzene rings is 2. The van der Waals surface area contributed by atoms with Crippen molar-refractivity contribution >= 4 is 17.4 Å². The van der Waals surface area contributed by atoms with Crippen molar-refractivity contribution in [1.82, 2.24) is 9.78 Å². The van der Waals surface area contributed by atoms with E-state index in [2.05, 4.69) is 15.7 Å². The first-order valence-electron chi connectivity index (χ1n) is 9.49. The van der Waals surface area contributed by atoms with Gasteiger partial charge in [-0.05, 0) is 17.7 Å². The van der Waals surface area contributed by atoms with E-state index in [9.17, 15) is 31.1 Å². The largest absolute Gasteiger partial charge is 0.418 e. The maximum absolute atomic E-state index is 13.7. The molecule has 1 aromatic heterocycles. The van der Waals surface area contributed by atoms with Crippen LogP contribution in [-0.2, 0) is 6.18 Å². The molecular weight excluding hydrogens is 438 g/mol. The van der Waals surface area contributed by atoms with Gasteiger partial charge in [0.05, 0.1) is 23.5 Å².